The highest BCUT2D eigenvalue weighted by Gasteiger charge is 2.27. The lowest BCUT2D eigenvalue weighted by Gasteiger charge is -2.32. The van der Waals surface area contributed by atoms with Crippen molar-refractivity contribution in [3.63, 3.8) is 0 Å². The second-order valence-electron chi connectivity index (χ2n) is 4.25. The van der Waals surface area contributed by atoms with Crippen LogP contribution in [0.1, 0.15) is 23.7 Å². The van der Waals surface area contributed by atoms with Crippen LogP contribution < -0.4 is 0 Å². The quantitative estimate of drug-likeness (QED) is 0.828. The first-order chi connectivity index (χ1) is 8.63. The Labute approximate surface area is 110 Å². The van der Waals surface area contributed by atoms with E-state index in [1.165, 1.54) is 18.2 Å². The average molecular weight is 272 g/mol. The van der Waals surface area contributed by atoms with E-state index in [4.69, 9.17) is 16.3 Å². The topological polar surface area (TPSA) is 29.5 Å². The molecule has 0 aliphatic carbocycles. The van der Waals surface area contributed by atoms with Crippen molar-refractivity contribution in [1.82, 2.24) is 4.90 Å². The van der Waals surface area contributed by atoms with Crippen molar-refractivity contribution >= 4 is 17.5 Å². The summed E-state index contributed by atoms with van der Waals surface area (Å²) in [6.07, 6.45) is 0.850. The number of morpholine rings is 1. The van der Waals surface area contributed by atoms with Crippen molar-refractivity contribution in [1.29, 1.82) is 0 Å². The fourth-order valence-electron chi connectivity index (χ4n) is 2.01. The molecule has 2 rings (SSSR count). The summed E-state index contributed by atoms with van der Waals surface area (Å²) in [6.45, 7) is 3.44. The van der Waals surface area contributed by atoms with E-state index in [1.54, 1.807) is 4.90 Å². The van der Waals surface area contributed by atoms with Gasteiger partial charge >= 0.3 is 0 Å². The molecule has 0 radical (unpaired) electrons. The van der Waals surface area contributed by atoms with Crippen molar-refractivity contribution in [3.05, 3.63) is 34.6 Å². The second-order valence-corrected chi connectivity index (χ2v) is 4.66. The molecule has 1 atom stereocenters. The van der Waals surface area contributed by atoms with Gasteiger partial charge in [-0.05, 0) is 18.6 Å². The Morgan fingerprint density at radius 2 is 2.39 bits per heavy atom. The van der Waals surface area contributed by atoms with Crippen LogP contribution in [0.3, 0.4) is 0 Å². The van der Waals surface area contributed by atoms with E-state index in [0.717, 1.165) is 6.42 Å². The highest BCUT2D eigenvalue weighted by Crippen LogP contribution is 2.22. The molecule has 1 aliphatic heterocycles. The summed E-state index contributed by atoms with van der Waals surface area (Å²) in [5.74, 6) is -0.938. The summed E-state index contributed by atoms with van der Waals surface area (Å²) in [5.41, 5.74) is -0.0454. The van der Waals surface area contributed by atoms with Crippen LogP contribution in [0.4, 0.5) is 4.39 Å². The molecule has 0 saturated carbocycles. The van der Waals surface area contributed by atoms with Gasteiger partial charge in [-0.3, -0.25) is 4.79 Å². The Bertz CT molecular complexity index is 432. The minimum atomic E-state index is -0.577. The SMILES string of the molecule is CCC1CN(C(=O)c2c(F)cccc2Cl)CCO1. The third-order valence-corrected chi connectivity index (χ3v) is 3.37. The Balaban J connectivity index is 2.20. The third kappa shape index (κ3) is 2.65. The number of carbonyl (C=O) groups excluding carboxylic acids is 1. The van der Waals surface area contributed by atoms with Crippen LogP contribution >= 0.6 is 11.6 Å². The molecule has 5 heteroatoms. The summed E-state index contributed by atoms with van der Waals surface area (Å²) in [6, 6.07) is 4.26. The molecule has 3 nitrogen and oxygen atoms in total. The zero-order valence-corrected chi connectivity index (χ0v) is 10.9. The van der Waals surface area contributed by atoms with E-state index in [-0.39, 0.29) is 22.6 Å². The fourth-order valence-corrected chi connectivity index (χ4v) is 2.25. The van der Waals surface area contributed by atoms with Crippen LogP contribution in [-0.4, -0.2) is 36.6 Å². The molecule has 18 heavy (non-hydrogen) atoms. The average Bonchev–Trinajstić information content (AvgIpc) is 2.38. The standard InChI is InChI=1S/C13H15ClFNO2/c1-2-9-8-16(6-7-18-9)13(17)12-10(14)4-3-5-11(12)15/h3-5,9H,2,6-8H2,1H3. The van der Waals surface area contributed by atoms with Crippen molar-refractivity contribution < 1.29 is 13.9 Å². The zero-order chi connectivity index (χ0) is 13.1. The normalized spacial score (nSPS) is 19.9. The Morgan fingerprint density at radius 3 is 3.06 bits per heavy atom. The largest absolute Gasteiger partial charge is 0.375 e. The molecule has 0 spiro atoms. The predicted molar refractivity (Wildman–Crippen MR) is 67.3 cm³/mol. The van der Waals surface area contributed by atoms with E-state index < -0.39 is 5.82 Å². The maximum Gasteiger partial charge on any atom is 0.258 e. The highest BCUT2D eigenvalue weighted by molar-refractivity contribution is 6.33. The van der Waals surface area contributed by atoms with Crippen molar-refractivity contribution in [2.24, 2.45) is 0 Å². The van der Waals surface area contributed by atoms with Gasteiger partial charge in [-0.1, -0.05) is 24.6 Å². The van der Waals surface area contributed by atoms with Crippen molar-refractivity contribution in [2.45, 2.75) is 19.4 Å². The molecular formula is C13H15ClFNO2. The highest BCUT2D eigenvalue weighted by atomic mass is 35.5. The summed E-state index contributed by atoms with van der Waals surface area (Å²) >= 11 is 5.90. The van der Waals surface area contributed by atoms with Gasteiger partial charge in [0.2, 0.25) is 0 Å². The van der Waals surface area contributed by atoms with E-state index in [9.17, 15) is 9.18 Å². The molecule has 1 aromatic rings. The maximum atomic E-state index is 13.7. The van der Waals surface area contributed by atoms with Gasteiger partial charge in [-0.2, -0.15) is 0 Å². The lowest BCUT2D eigenvalue weighted by Crippen LogP contribution is -2.45. The van der Waals surface area contributed by atoms with E-state index in [1.807, 2.05) is 6.92 Å². The van der Waals surface area contributed by atoms with E-state index >= 15 is 0 Å². The van der Waals surface area contributed by atoms with Crippen LogP contribution in [0, 0.1) is 5.82 Å². The number of rotatable bonds is 2. The van der Waals surface area contributed by atoms with Crippen LogP contribution in [0.15, 0.2) is 18.2 Å². The Hall–Kier alpha value is -1.13. The van der Waals surface area contributed by atoms with Crippen LogP contribution in [0.5, 0.6) is 0 Å². The molecule has 1 heterocycles. The number of hydrogen-bond acceptors (Lipinski definition) is 2. The van der Waals surface area contributed by atoms with Crippen LogP contribution in [0.25, 0.3) is 0 Å². The molecule has 1 saturated heterocycles. The molecule has 0 N–H and O–H groups in total. The van der Waals surface area contributed by atoms with Crippen LogP contribution in [0.2, 0.25) is 5.02 Å². The van der Waals surface area contributed by atoms with Gasteiger partial charge < -0.3 is 9.64 Å². The molecule has 1 amide bonds. The Kier molecular flexibility index (Phi) is 4.19. The summed E-state index contributed by atoms with van der Waals surface area (Å²) in [5, 5.41) is 0.152. The smallest absolute Gasteiger partial charge is 0.258 e. The van der Waals surface area contributed by atoms with Gasteiger partial charge in [0.1, 0.15) is 5.82 Å². The third-order valence-electron chi connectivity index (χ3n) is 3.06. The molecule has 1 fully saturated rings. The molecule has 1 aliphatic rings. The fraction of sp³-hybridized carbons (Fsp3) is 0.462. The monoisotopic (exact) mass is 271 g/mol. The van der Waals surface area contributed by atoms with Gasteiger partial charge in [0.15, 0.2) is 0 Å². The number of benzene rings is 1. The van der Waals surface area contributed by atoms with Crippen molar-refractivity contribution in [2.75, 3.05) is 19.7 Å². The zero-order valence-electron chi connectivity index (χ0n) is 10.2. The number of nitrogens with zero attached hydrogens (tertiary/aromatic N) is 1. The number of hydrogen-bond donors (Lipinski definition) is 0. The second kappa shape index (κ2) is 5.67. The lowest BCUT2D eigenvalue weighted by molar-refractivity contribution is -0.0227. The predicted octanol–water partition coefficient (Wildman–Crippen LogP) is 2.73. The van der Waals surface area contributed by atoms with Crippen molar-refractivity contribution in [3.8, 4) is 0 Å². The first-order valence-corrected chi connectivity index (χ1v) is 6.36. The number of amides is 1. The Morgan fingerprint density at radius 1 is 1.61 bits per heavy atom. The molecule has 1 aromatic carbocycles. The van der Waals surface area contributed by atoms with Gasteiger partial charge in [0, 0.05) is 13.1 Å². The summed E-state index contributed by atoms with van der Waals surface area (Å²) < 4.78 is 19.2. The number of carbonyl (C=O) groups is 1. The first kappa shape index (κ1) is 13.3. The van der Waals surface area contributed by atoms with E-state index in [2.05, 4.69) is 0 Å². The van der Waals surface area contributed by atoms with Gasteiger partial charge in [-0.15, -0.1) is 0 Å². The van der Waals surface area contributed by atoms with Gasteiger partial charge in [0.25, 0.3) is 5.91 Å². The first-order valence-electron chi connectivity index (χ1n) is 5.98. The molecule has 98 valence electrons. The maximum absolute atomic E-state index is 13.7. The minimum Gasteiger partial charge on any atom is -0.375 e. The number of ether oxygens (including phenoxy) is 1. The van der Waals surface area contributed by atoms with Crippen LogP contribution in [-0.2, 0) is 4.74 Å². The minimum absolute atomic E-state index is 0.0215. The summed E-state index contributed by atoms with van der Waals surface area (Å²) in [7, 11) is 0. The number of halogens is 2. The molecular weight excluding hydrogens is 257 g/mol. The molecule has 0 bridgehead atoms. The summed E-state index contributed by atoms with van der Waals surface area (Å²) in [4.78, 5) is 13.8. The molecule has 0 aromatic heterocycles. The van der Waals surface area contributed by atoms with E-state index in [0.29, 0.717) is 19.7 Å². The van der Waals surface area contributed by atoms with Gasteiger partial charge in [-0.25, -0.2) is 4.39 Å². The van der Waals surface area contributed by atoms with Gasteiger partial charge in [0.05, 0.1) is 23.3 Å². The molecule has 1 unspecified atom stereocenters. The lowest BCUT2D eigenvalue weighted by atomic mass is 10.1.